The standard InChI is InChI=1S/C20H24O3/c1-21-16-8-4-14(5-9-16)18-12-13-19(20(18)23-3)15-6-10-17(22-2)11-7-15/h4-11,18-20H,12-13H2,1-3H3/t18-,19+,20?. The second kappa shape index (κ2) is 7.05. The summed E-state index contributed by atoms with van der Waals surface area (Å²) in [6, 6.07) is 16.8. The van der Waals surface area contributed by atoms with Crippen LogP contribution in [0.5, 0.6) is 11.5 Å². The van der Waals surface area contributed by atoms with Crippen LogP contribution in [0.25, 0.3) is 0 Å². The predicted octanol–water partition coefficient (Wildman–Crippen LogP) is 4.38. The van der Waals surface area contributed by atoms with Crippen molar-refractivity contribution in [1.82, 2.24) is 0 Å². The van der Waals surface area contributed by atoms with E-state index in [9.17, 15) is 0 Å². The molecule has 0 radical (unpaired) electrons. The Kier molecular flexibility index (Phi) is 4.87. The molecule has 1 aliphatic carbocycles. The molecule has 23 heavy (non-hydrogen) atoms. The summed E-state index contributed by atoms with van der Waals surface area (Å²) in [7, 11) is 5.22. The minimum absolute atomic E-state index is 0.205. The van der Waals surface area contributed by atoms with Crippen LogP contribution in [-0.4, -0.2) is 27.4 Å². The van der Waals surface area contributed by atoms with Crippen molar-refractivity contribution in [2.45, 2.75) is 30.8 Å². The maximum absolute atomic E-state index is 5.90. The molecular weight excluding hydrogens is 288 g/mol. The van der Waals surface area contributed by atoms with Gasteiger partial charge < -0.3 is 14.2 Å². The third-order valence-electron chi connectivity index (χ3n) is 4.94. The van der Waals surface area contributed by atoms with Crippen LogP contribution in [0, 0.1) is 0 Å². The summed E-state index contributed by atoms with van der Waals surface area (Å²) in [5.74, 6) is 2.65. The maximum Gasteiger partial charge on any atom is 0.118 e. The highest BCUT2D eigenvalue weighted by Gasteiger charge is 2.37. The molecule has 122 valence electrons. The van der Waals surface area contributed by atoms with Crippen molar-refractivity contribution in [3.05, 3.63) is 59.7 Å². The Labute approximate surface area is 138 Å². The largest absolute Gasteiger partial charge is 0.497 e. The average molecular weight is 312 g/mol. The molecule has 2 aromatic rings. The zero-order valence-corrected chi connectivity index (χ0v) is 14.0. The number of ether oxygens (including phenoxy) is 3. The van der Waals surface area contributed by atoms with Crippen molar-refractivity contribution in [3.63, 3.8) is 0 Å². The molecule has 3 rings (SSSR count). The fraction of sp³-hybridized carbons (Fsp3) is 0.400. The number of hydrogen-bond acceptors (Lipinski definition) is 3. The predicted molar refractivity (Wildman–Crippen MR) is 91.5 cm³/mol. The van der Waals surface area contributed by atoms with Gasteiger partial charge in [-0.25, -0.2) is 0 Å². The SMILES string of the molecule is COc1ccc([C@H]2CC[C@@H](c3ccc(OC)cc3)C2OC)cc1. The molecule has 0 aromatic heterocycles. The Hall–Kier alpha value is -2.00. The van der Waals surface area contributed by atoms with Crippen LogP contribution >= 0.6 is 0 Å². The van der Waals surface area contributed by atoms with E-state index in [4.69, 9.17) is 14.2 Å². The van der Waals surface area contributed by atoms with Crippen LogP contribution in [0.1, 0.15) is 35.8 Å². The summed E-state index contributed by atoms with van der Waals surface area (Å²) in [4.78, 5) is 0. The Morgan fingerprint density at radius 3 is 1.35 bits per heavy atom. The molecule has 1 unspecified atom stereocenters. The van der Waals surface area contributed by atoms with E-state index in [1.807, 2.05) is 31.4 Å². The number of rotatable bonds is 5. The van der Waals surface area contributed by atoms with Gasteiger partial charge in [-0.1, -0.05) is 24.3 Å². The molecule has 3 atom stereocenters. The maximum atomic E-state index is 5.90. The summed E-state index contributed by atoms with van der Waals surface area (Å²) >= 11 is 0. The van der Waals surface area contributed by atoms with Gasteiger partial charge in [0.15, 0.2) is 0 Å². The first-order valence-electron chi connectivity index (χ1n) is 8.07. The summed E-state index contributed by atoms with van der Waals surface area (Å²) < 4.78 is 16.4. The lowest BCUT2D eigenvalue weighted by Crippen LogP contribution is -2.21. The van der Waals surface area contributed by atoms with Crippen LogP contribution in [0.4, 0.5) is 0 Å². The first-order valence-corrected chi connectivity index (χ1v) is 8.07. The molecule has 0 N–H and O–H groups in total. The van der Waals surface area contributed by atoms with Crippen molar-refractivity contribution < 1.29 is 14.2 Å². The minimum atomic E-state index is 0.205. The third-order valence-corrected chi connectivity index (χ3v) is 4.94. The van der Waals surface area contributed by atoms with E-state index in [1.165, 1.54) is 11.1 Å². The van der Waals surface area contributed by atoms with Crippen LogP contribution in [0.2, 0.25) is 0 Å². The lowest BCUT2D eigenvalue weighted by molar-refractivity contribution is 0.0807. The number of methoxy groups -OCH3 is 3. The topological polar surface area (TPSA) is 27.7 Å². The lowest BCUT2D eigenvalue weighted by atomic mass is 9.90. The van der Waals surface area contributed by atoms with E-state index in [1.54, 1.807) is 14.2 Å². The van der Waals surface area contributed by atoms with Gasteiger partial charge in [0.1, 0.15) is 11.5 Å². The Morgan fingerprint density at radius 1 is 0.652 bits per heavy atom. The molecule has 3 heteroatoms. The van der Waals surface area contributed by atoms with Crippen molar-refractivity contribution >= 4 is 0 Å². The smallest absolute Gasteiger partial charge is 0.118 e. The summed E-state index contributed by atoms with van der Waals surface area (Å²) in [5.41, 5.74) is 2.65. The highest BCUT2D eigenvalue weighted by molar-refractivity contribution is 5.35. The average Bonchev–Trinajstić information content (AvgIpc) is 3.05. The second-order valence-electron chi connectivity index (χ2n) is 6.04. The van der Waals surface area contributed by atoms with E-state index in [-0.39, 0.29) is 6.10 Å². The van der Waals surface area contributed by atoms with E-state index < -0.39 is 0 Å². The van der Waals surface area contributed by atoms with Crippen LogP contribution in [-0.2, 0) is 4.74 Å². The zero-order valence-electron chi connectivity index (χ0n) is 14.0. The van der Waals surface area contributed by atoms with Crippen molar-refractivity contribution in [1.29, 1.82) is 0 Å². The Morgan fingerprint density at radius 2 is 1.04 bits per heavy atom. The lowest BCUT2D eigenvalue weighted by Gasteiger charge is -2.24. The molecule has 2 aromatic carbocycles. The first kappa shape index (κ1) is 15.9. The zero-order chi connectivity index (χ0) is 16.2. The Bertz CT molecular complexity index is 563. The van der Waals surface area contributed by atoms with E-state index in [0.717, 1.165) is 24.3 Å². The third kappa shape index (κ3) is 3.20. The number of benzene rings is 2. The van der Waals surface area contributed by atoms with Crippen molar-refractivity contribution in [2.24, 2.45) is 0 Å². The van der Waals surface area contributed by atoms with Crippen molar-refractivity contribution in [2.75, 3.05) is 21.3 Å². The summed E-state index contributed by atoms with van der Waals surface area (Å²) in [6.45, 7) is 0. The second-order valence-corrected chi connectivity index (χ2v) is 6.04. The molecular formula is C20H24O3. The van der Waals surface area contributed by atoms with Gasteiger partial charge in [0, 0.05) is 18.9 Å². The van der Waals surface area contributed by atoms with E-state index in [0.29, 0.717) is 11.8 Å². The fourth-order valence-corrected chi connectivity index (χ4v) is 3.71. The quantitative estimate of drug-likeness (QED) is 0.820. The fourth-order valence-electron chi connectivity index (χ4n) is 3.71. The monoisotopic (exact) mass is 312 g/mol. The first-order chi connectivity index (χ1) is 11.3. The van der Waals surface area contributed by atoms with Crippen molar-refractivity contribution in [3.8, 4) is 11.5 Å². The van der Waals surface area contributed by atoms with E-state index >= 15 is 0 Å². The molecule has 0 saturated heterocycles. The van der Waals surface area contributed by atoms with E-state index in [2.05, 4.69) is 24.3 Å². The van der Waals surface area contributed by atoms with Gasteiger partial charge in [-0.05, 0) is 48.2 Å². The van der Waals surface area contributed by atoms with Crippen LogP contribution < -0.4 is 9.47 Å². The van der Waals surface area contributed by atoms with Gasteiger partial charge in [0.25, 0.3) is 0 Å². The molecule has 0 bridgehead atoms. The van der Waals surface area contributed by atoms with Gasteiger partial charge >= 0.3 is 0 Å². The number of hydrogen-bond donors (Lipinski definition) is 0. The van der Waals surface area contributed by atoms with Gasteiger partial charge in [-0.15, -0.1) is 0 Å². The highest BCUT2D eigenvalue weighted by atomic mass is 16.5. The van der Waals surface area contributed by atoms with Gasteiger partial charge in [0.05, 0.1) is 20.3 Å². The molecule has 1 aliphatic rings. The van der Waals surface area contributed by atoms with Gasteiger partial charge in [-0.2, -0.15) is 0 Å². The molecule has 0 aliphatic heterocycles. The minimum Gasteiger partial charge on any atom is -0.497 e. The molecule has 0 spiro atoms. The summed E-state index contributed by atoms with van der Waals surface area (Å²) in [5, 5.41) is 0. The highest BCUT2D eigenvalue weighted by Crippen LogP contribution is 2.45. The normalized spacial score (nSPS) is 23.7. The van der Waals surface area contributed by atoms with Gasteiger partial charge in [-0.3, -0.25) is 0 Å². The molecule has 3 nitrogen and oxygen atoms in total. The Balaban J connectivity index is 1.81. The van der Waals surface area contributed by atoms with Crippen LogP contribution in [0.15, 0.2) is 48.5 Å². The molecule has 1 fully saturated rings. The summed E-state index contributed by atoms with van der Waals surface area (Å²) in [6.07, 6.45) is 2.49. The molecule has 1 saturated carbocycles. The van der Waals surface area contributed by atoms with Gasteiger partial charge in [0.2, 0.25) is 0 Å². The molecule has 0 amide bonds. The van der Waals surface area contributed by atoms with Crippen LogP contribution in [0.3, 0.4) is 0 Å². The molecule has 0 heterocycles.